The van der Waals surface area contributed by atoms with Crippen molar-refractivity contribution >= 4 is 12.1 Å². The third-order valence-electron chi connectivity index (χ3n) is 3.18. The lowest BCUT2D eigenvalue weighted by atomic mass is 10.1. The van der Waals surface area contributed by atoms with Crippen molar-refractivity contribution in [1.82, 2.24) is 5.32 Å². The molecule has 1 heterocycles. The Morgan fingerprint density at radius 2 is 2.04 bits per heavy atom. The predicted octanol–water partition coefficient (Wildman–Crippen LogP) is 0.00350. The van der Waals surface area contributed by atoms with E-state index >= 15 is 0 Å². The topological polar surface area (TPSA) is 125 Å². The molecule has 8 heteroatoms. The van der Waals surface area contributed by atoms with Crippen LogP contribution in [-0.2, 0) is 20.7 Å². The number of hydrogen-bond acceptors (Lipinski definition) is 7. The van der Waals surface area contributed by atoms with E-state index in [-0.39, 0.29) is 6.54 Å². The molecule has 2 atom stereocenters. The Hall–Kier alpha value is -2.58. The third kappa shape index (κ3) is 4.21. The van der Waals surface area contributed by atoms with Gasteiger partial charge in [0.2, 0.25) is 0 Å². The Labute approximate surface area is 132 Å². The van der Waals surface area contributed by atoms with Gasteiger partial charge in [0.1, 0.15) is 6.10 Å². The lowest BCUT2D eigenvalue weighted by molar-refractivity contribution is -0.147. The fraction of sp³-hybridized carbons (Fsp3) is 0.333. The summed E-state index contributed by atoms with van der Waals surface area (Å²) >= 11 is 0. The van der Waals surface area contributed by atoms with Crippen LogP contribution in [0.2, 0.25) is 0 Å². The van der Waals surface area contributed by atoms with Crippen molar-refractivity contribution in [3.8, 4) is 0 Å². The van der Waals surface area contributed by atoms with E-state index in [1.807, 2.05) is 30.3 Å². The molecule has 1 aliphatic rings. The molecule has 0 fully saturated rings. The number of aliphatic hydroxyl groups excluding tert-OH is 3. The van der Waals surface area contributed by atoms with Gasteiger partial charge in [0.25, 0.3) is 5.76 Å². The molecular formula is C15H17NO7. The van der Waals surface area contributed by atoms with Gasteiger partial charge in [-0.25, -0.2) is 9.59 Å². The van der Waals surface area contributed by atoms with E-state index in [4.69, 9.17) is 9.84 Å². The molecule has 1 aliphatic heterocycles. The van der Waals surface area contributed by atoms with Crippen molar-refractivity contribution in [2.75, 3.05) is 13.2 Å². The number of nitrogens with one attached hydrogen (secondary N) is 1. The van der Waals surface area contributed by atoms with Gasteiger partial charge in [-0.05, 0) is 12.0 Å². The minimum atomic E-state index is -1.50. The minimum Gasteiger partial charge on any atom is -0.505 e. The molecule has 1 aromatic rings. The van der Waals surface area contributed by atoms with Gasteiger partial charge in [-0.2, -0.15) is 0 Å². The zero-order valence-corrected chi connectivity index (χ0v) is 12.1. The number of benzene rings is 1. The summed E-state index contributed by atoms with van der Waals surface area (Å²) in [5, 5.41) is 30.3. The zero-order chi connectivity index (χ0) is 16.8. The van der Waals surface area contributed by atoms with E-state index in [0.717, 1.165) is 5.56 Å². The number of aliphatic hydroxyl groups is 3. The van der Waals surface area contributed by atoms with E-state index in [0.29, 0.717) is 6.42 Å². The molecule has 0 bridgehead atoms. The van der Waals surface area contributed by atoms with Crippen LogP contribution in [0.4, 0.5) is 4.79 Å². The van der Waals surface area contributed by atoms with Crippen LogP contribution in [0.25, 0.3) is 0 Å². The van der Waals surface area contributed by atoms with Crippen molar-refractivity contribution in [3.05, 3.63) is 47.4 Å². The monoisotopic (exact) mass is 323 g/mol. The lowest BCUT2D eigenvalue weighted by Crippen LogP contribution is -2.31. The average molecular weight is 323 g/mol. The highest BCUT2D eigenvalue weighted by Crippen LogP contribution is 2.24. The fourth-order valence-electron chi connectivity index (χ4n) is 1.99. The molecule has 124 valence electrons. The van der Waals surface area contributed by atoms with Gasteiger partial charge in [0.05, 0.1) is 6.61 Å². The van der Waals surface area contributed by atoms with Crippen LogP contribution >= 0.6 is 0 Å². The summed E-state index contributed by atoms with van der Waals surface area (Å²) in [6.45, 7) is -0.451. The molecule has 0 aliphatic carbocycles. The number of carbonyl (C=O) groups is 2. The molecular weight excluding hydrogens is 306 g/mol. The first-order chi connectivity index (χ1) is 11.0. The van der Waals surface area contributed by atoms with Crippen molar-refractivity contribution < 1.29 is 34.4 Å². The summed E-state index contributed by atoms with van der Waals surface area (Å²) in [5.74, 6) is -2.51. The molecule has 8 nitrogen and oxygen atoms in total. The Bertz CT molecular complexity index is 599. The minimum absolute atomic E-state index is 0.272. The summed E-state index contributed by atoms with van der Waals surface area (Å²) in [4.78, 5) is 23.1. The Morgan fingerprint density at radius 3 is 2.70 bits per heavy atom. The van der Waals surface area contributed by atoms with Crippen LogP contribution in [0, 0.1) is 0 Å². The average Bonchev–Trinajstić information content (AvgIpc) is 2.83. The molecule has 2 rings (SSSR count). The molecule has 0 saturated carbocycles. The third-order valence-corrected chi connectivity index (χ3v) is 3.18. The van der Waals surface area contributed by atoms with Crippen molar-refractivity contribution in [3.63, 3.8) is 0 Å². The first kappa shape index (κ1) is 16.8. The van der Waals surface area contributed by atoms with Crippen molar-refractivity contribution in [2.24, 2.45) is 0 Å². The lowest BCUT2D eigenvalue weighted by Gasteiger charge is -2.13. The maximum absolute atomic E-state index is 11.6. The van der Waals surface area contributed by atoms with Crippen LogP contribution in [0.1, 0.15) is 5.56 Å². The van der Waals surface area contributed by atoms with Crippen LogP contribution in [0.5, 0.6) is 0 Å². The summed E-state index contributed by atoms with van der Waals surface area (Å²) in [6.07, 6.45) is -3.31. The van der Waals surface area contributed by atoms with Crippen molar-refractivity contribution in [1.29, 1.82) is 0 Å². The van der Waals surface area contributed by atoms with Gasteiger partial charge < -0.3 is 30.1 Å². The number of ether oxygens (including phenoxy) is 2. The maximum atomic E-state index is 11.6. The smallest absolute Gasteiger partial charge is 0.412 e. The normalized spacial score (nSPS) is 18.5. The van der Waals surface area contributed by atoms with Gasteiger partial charge in [0.15, 0.2) is 11.9 Å². The van der Waals surface area contributed by atoms with E-state index in [1.165, 1.54) is 0 Å². The Morgan fingerprint density at radius 1 is 1.35 bits per heavy atom. The van der Waals surface area contributed by atoms with Crippen LogP contribution < -0.4 is 5.32 Å². The molecule has 0 saturated heterocycles. The first-order valence-corrected chi connectivity index (χ1v) is 6.95. The summed E-state index contributed by atoms with van der Waals surface area (Å²) in [5.41, 5.74) is 1.02. The molecule has 0 spiro atoms. The predicted molar refractivity (Wildman–Crippen MR) is 77.3 cm³/mol. The molecule has 0 radical (unpaired) electrons. The van der Waals surface area contributed by atoms with Crippen molar-refractivity contribution in [2.45, 2.75) is 18.6 Å². The quantitative estimate of drug-likeness (QED) is 0.543. The van der Waals surface area contributed by atoms with Gasteiger partial charge in [-0.1, -0.05) is 30.3 Å². The number of alkyl carbamates (subject to hydrolysis) is 1. The highest BCUT2D eigenvalue weighted by atomic mass is 16.6. The van der Waals surface area contributed by atoms with E-state index in [2.05, 4.69) is 10.1 Å². The molecule has 23 heavy (non-hydrogen) atoms. The van der Waals surface area contributed by atoms with Crippen LogP contribution in [-0.4, -0.2) is 52.7 Å². The van der Waals surface area contributed by atoms with Crippen LogP contribution in [0.15, 0.2) is 41.9 Å². The highest BCUT2D eigenvalue weighted by Gasteiger charge is 2.41. The second-order valence-electron chi connectivity index (χ2n) is 4.84. The van der Waals surface area contributed by atoms with Gasteiger partial charge >= 0.3 is 12.1 Å². The number of carbonyl (C=O) groups excluding carboxylic acids is 2. The molecule has 0 aromatic heterocycles. The number of amides is 1. The zero-order valence-electron chi connectivity index (χ0n) is 12.1. The first-order valence-electron chi connectivity index (χ1n) is 6.95. The summed E-state index contributed by atoms with van der Waals surface area (Å²) < 4.78 is 9.35. The second kappa shape index (κ2) is 7.61. The second-order valence-corrected chi connectivity index (χ2v) is 4.84. The van der Waals surface area contributed by atoms with Gasteiger partial charge in [-0.3, -0.25) is 0 Å². The van der Waals surface area contributed by atoms with Gasteiger partial charge in [0, 0.05) is 6.54 Å². The van der Waals surface area contributed by atoms with E-state index < -0.39 is 42.4 Å². The summed E-state index contributed by atoms with van der Waals surface area (Å²) in [6, 6.07) is 9.42. The molecule has 1 amide bonds. The maximum Gasteiger partial charge on any atom is 0.412 e. The summed E-state index contributed by atoms with van der Waals surface area (Å²) in [7, 11) is 0. The van der Waals surface area contributed by atoms with Crippen LogP contribution in [0.3, 0.4) is 0 Å². The number of rotatable bonds is 6. The molecule has 4 N–H and O–H groups in total. The SMILES string of the molecule is O=C(NCCc1ccccc1)OC1=C(O)[C@@H]([C@@H](O)CO)OC1=O. The largest absolute Gasteiger partial charge is 0.505 e. The highest BCUT2D eigenvalue weighted by molar-refractivity contribution is 5.92. The number of cyclic esters (lactones) is 1. The van der Waals surface area contributed by atoms with E-state index in [9.17, 15) is 19.8 Å². The fourth-order valence-corrected chi connectivity index (χ4v) is 1.99. The number of esters is 1. The van der Waals surface area contributed by atoms with E-state index in [1.54, 1.807) is 0 Å². The Balaban J connectivity index is 1.87. The molecule has 1 aromatic carbocycles. The van der Waals surface area contributed by atoms with Gasteiger partial charge in [-0.15, -0.1) is 0 Å². The Kier molecular flexibility index (Phi) is 5.56. The number of hydrogen-bond donors (Lipinski definition) is 4. The standard InChI is InChI=1S/C15H17NO7/c17-8-10(18)12-11(19)13(14(20)22-12)23-15(21)16-7-6-9-4-2-1-3-5-9/h1-5,10,12,17-19H,6-8H2,(H,16,21)/t10-,12+/m0/s1. The molecule has 0 unspecified atom stereocenters.